The number of carbonyl (C=O) groups is 1. The molecule has 0 unspecified atom stereocenters. The van der Waals surface area contributed by atoms with E-state index in [9.17, 15) is 4.79 Å². The summed E-state index contributed by atoms with van der Waals surface area (Å²) in [6.45, 7) is 2.08. The summed E-state index contributed by atoms with van der Waals surface area (Å²) in [6.07, 6.45) is 3.26. The Hall–Kier alpha value is -2.69. The maximum atomic E-state index is 11.8. The molecular weight excluding hydrogens is 254 g/mol. The average molecular weight is 267 g/mol. The average Bonchev–Trinajstić information content (AvgIpc) is 2.92. The van der Waals surface area contributed by atoms with Gasteiger partial charge in [-0.25, -0.2) is 14.8 Å². The van der Waals surface area contributed by atoms with Crippen molar-refractivity contribution >= 4 is 11.6 Å². The Morgan fingerprint density at radius 3 is 2.75 bits per heavy atom. The lowest BCUT2D eigenvalue weighted by atomic mass is 10.1. The second-order valence-electron chi connectivity index (χ2n) is 4.20. The first-order valence-corrected chi connectivity index (χ1v) is 6.36. The van der Waals surface area contributed by atoms with Crippen molar-refractivity contribution in [1.82, 2.24) is 14.4 Å². The lowest BCUT2D eigenvalue weighted by Gasteiger charge is -2.05. The Morgan fingerprint density at radius 1 is 1.20 bits per heavy atom. The van der Waals surface area contributed by atoms with Gasteiger partial charge in [-0.3, -0.25) is 4.40 Å². The fourth-order valence-electron chi connectivity index (χ4n) is 2.09. The van der Waals surface area contributed by atoms with Gasteiger partial charge in [0.2, 0.25) is 0 Å². The van der Waals surface area contributed by atoms with Gasteiger partial charge in [-0.2, -0.15) is 0 Å². The van der Waals surface area contributed by atoms with Gasteiger partial charge >= 0.3 is 5.97 Å². The number of imidazole rings is 1. The van der Waals surface area contributed by atoms with Crippen LogP contribution in [0.5, 0.6) is 0 Å². The van der Waals surface area contributed by atoms with Crippen molar-refractivity contribution in [1.29, 1.82) is 0 Å². The van der Waals surface area contributed by atoms with Gasteiger partial charge in [-0.05, 0) is 18.6 Å². The fraction of sp³-hybridized carbons (Fsp3) is 0.133. The molecule has 1 aromatic carbocycles. The summed E-state index contributed by atoms with van der Waals surface area (Å²) in [4.78, 5) is 20.2. The monoisotopic (exact) mass is 267 g/mol. The van der Waals surface area contributed by atoms with Crippen molar-refractivity contribution in [3.8, 4) is 11.3 Å². The van der Waals surface area contributed by atoms with Gasteiger partial charge in [0.1, 0.15) is 6.33 Å². The van der Waals surface area contributed by atoms with Crippen LogP contribution in [0.4, 0.5) is 0 Å². The SMILES string of the molecule is CCOC(=O)c1ncn2c(-c3ccccc3)ccnc12. The number of hydrogen-bond donors (Lipinski definition) is 0. The molecule has 20 heavy (non-hydrogen) atoms. The van der Waals surface area contributed by atoms with Gasteiger partial charge in [0.25, 0.3) is 0 Å². The number of esters is 1. The largest absolute Gasteiger partial charge is 0.461 e. The molecule has 5 nitrogen and oxygen atoms in total. The first-order valence-electron chi connectivity index (χ1n) is 6.36. The molecule has 0 saturated carbocycles. The standard InChI is InChI=1S/C15H13N3O2/c1-2-20-15(19)13-14-16-9-8-12(18(14)10-17-13)11-6-4-3-5-7-11/h3-10H,2H2,1H3. The zero-order valence-electron chi connectivity index (χ0n) is 11.0. The quantitative estimate of drug-likeness (QED) is 0.684. The van der Waals surface area contributed by atoms with Crippen LogP contribution < -0.4 is 0 Å². The van der Waals surface area contributed by atoms with Crippen LogP contribution in [0.2, 0.25) is 0 Å². The predicted octanol–water partition coefficient (Wildman–Crippen LogP) is 2.57. The molecule has 0 aliphatic carbocycles. The third-order valence-corrected chi connectivity index (χ3v) is 2.97. The van der Waals surface area contributed by atoms with E-state index in [0.717, 1.165) is 11.3 Å². The van der Waals surface area contributed by atoms with Gasteiger partial charge in [0.15, 0.2) is 11.3 Å². The lowest BCUT2D eigenvalue weighted by molar-refractivity contribution is 0.0522. The predicted molar refractivity (Wildman–Crippen MR) is 74.4 cm³/mol. The zero-order valence-corrected chi connectivity index (χ0v) is 11.0. The second kappa shape index (κ2) is 5.13. The van der Waals surface area contributed by atoms with E-state index in [2.05, 4.69) is 9.97 Å². The number of hydrogen-bond acceptors (Lipinski definition) is 4. The zero-order chi connectivity index (χ0) is 13.9. The van der Waals surface area contributed by atoms with Crippen molar-refractivity contribution < 1.29 is 9.53 Å². The molecule has 0 fully saturated rings. The number of nitrogens with zero attached hydrogens (tertiary/aromatic N) is 3. The summed E-state index contributed by atoms with van der Waals surface area (Å²) in [5, 5.41) is 0. The van der Waals surface area contributed by atoms with Gasteiger partial charge in [0, 0.05) is 6.20 Å². The minimum atomic E-state index is -0.451. The third kappa shape index (κ3) is 2.03. The maximum Gasteiger partial charge on any atom is 0.360 e. The molecule has 2 aromatic heterocycles. The van der Waals surface area contributed by atoms with Gasteiger partial charge in [0.05, 0.1) is 12.3 Å². The van der Waals surface area contributed by atoms with Crippen LogP contribution >= 0.6 is 0 Å². The van der Waals surface area contributed by atoms with E-state index in [-0.39, 0.29) is 5.69 Å². The van der Waals surface area contributed by atoms with Gasteiger partial charge < -0.3 is 4.74 Å². The Bertz CT molecular complexity index is 750. The normalized spacial score (nSPS) is 10.7. The molecule has 3 aromatic rings. The molecule has 2 heterocycles. The topological polar surface area (TPSA) is 56.5 Å². The van der Waals surface area contributed by atoms with E-state index in [1.807, 2.05) is 36.4 Å². The molecule has 100 valence electrons. The highest BCUT2D eigenvalue weighted by molar-refractivity contribution is 5.94. The lowest BCUT2D eigenvalue weighted by Crippen LogP contribution is -2.06. The Morgan fingerprint density at radius 2 is 2.00 bits per heavy atom. The Labute approximate surface area is 115 Å². The van der Waals surface area contributed by atoms with Crippen LogP contribution in [0, 0.1) is 0 Å². The summed E-state index contributed by atoms with van der Waals surface area (Å²) in [5.41, 5.74) is 2.71. The number of fused-ring (bicyclic) bond motifs is 1. The van der Waals surface area contributed by atoms with E-state index in [1.165, 1.54) is 0 Å². The van der Waals surface area contributed by atoms with Crippen molar-refractivity contribution in [2.45, 2.75) is 6.92 Å². The molecule has 0 bridgehead atoms. The smallest absolute Gasteiger partial charge is 0.360 e. The molecule has 3 rings (SSSR count). The van der Waals surface area contributed by atoms with E-state index < -0.39 is 5.97 Å². The minimum Gasteiger partial charge on any atom is -0.461 e. The molecule has 5 heteroatoms. The summed E-state index contributed by atoms with van der Waals surface area (Å²) in [5.74, 6) is -0.451. The first-order chi connectivity index (χ1) is 9.81. The van der Waals surface area contributed by atoms with E-state index in [1.54, 1.807) is 23.8 Å². The molecule has 0 aliphatic heterocycles. The molecule has 0 amide bonds. The minimum absolute atomic E-state index is 0.240. The van der Waals surface area contributed by atoms with Gasteiger partial charge in [-0.1, -0.05) is 30.3 Å². The van der Waals surface area contributed by atoms with Crippen molar-refractivity contribution in [3.05, 3.63) is 54.6 Å². The van der Waals surface area contributed by atoms with Crippen LogP contribution in [0.15, 0.2) is 48.9 Å². The third-order valence-electron chi connectivity index (χ3n) is 2.97. The molecule has 0 spiro atoms. The number of rotatable bonds is 3. The van der Waals surface area contributed by atoms with Gasteiger partial charge in [-0.15, -0.1) is 0 Å². The number of ether oxygens (including phenoxy) is 1. The van der Waals surface area contributed by atoms with Crippen molar-refractivity contribution in [2.24, 2.45) is 0 Å². The van der Waals surface area contributed by atoms with Crippen LogP contribution in [-0.2, 0) is 4.74 Å². The van der Waals surface area contributed by atoms with Crippen LogP contribution in [0.1, 0.15) is 17.4 Å². The Balaban J connectivity index is 2.15. The van der Waals surface area contributed by atoms with Crippen LogP contribution in [-0.4, -0.2) is 26.9 Å². The molecule has 0 atom stereocenters. The van der Waals surface area contributed by atoms with E-state index >= 15 is 0 Å². The number of benzene rings is 1. The Kier molecular flexibility index (Phi) is 3.16. The summed E-state index contributed by atoms with van der Waals surface area (Å²) < 4.78 is 6.78. The molecular formula is C15H13N3O2. The highest BCUT2D eigenvalue weighted by atomic mass is 16.5. The highest BCUT2D eigenvalue weighted by Crippen LogP contribution is 2.20. The first kappa shape index (κ1) is 12.3. The fourth-order valence-corrected chi connectivity index (χ4v) is 2.09. The summed E-state index contributed by atoms with van der Waals surface area (Å²) in [6, 6.07) is 11.8. The summed E-state index contributed by atoms with van der Waals surface area (Å²) >= 11 is 0. The van der Waals surface area contributed by atoms with Crippen LogP contribution in [0.25, 0.3) is 16.9 Å². The van der Waals surface area contributed by atoms with Crippen LogP contribution in [0.3, 0.4) is 0 Å². The molecule has 0 saturated heterocycles. The summed E-state index contributed by atoms with van der Waals surface area (Å²) in [7, 11) is 0. The van der Waals surface area contributed by atoms with E-state index in [4.69, 9.17) is 4.74 Å². The number of aromatic nitrogens is 3. The molecule has 0 radical (unpaired) electrons. The molecule has 0 aliphatic rings. The highest BCUT2D eigenvalue weighted by Gasteiger charge is 2.17. The maximum absolute atomic E-state index is 11.8. The second-order valence-corrected chi connectivity index (χ2v) is 4.20. The van der Waals surface area contributed by atoms with Crippen molar-refractivity contribution in [3.63, 3.8) is 0 Å². The number of carbonyl (C=O) groups excluding carboxylic acids is 1. The van der Waals surface area contributed by atoms with E-state index in [0.29, 0.717) is 12.3 Å². The molecule has 0 N–H and O–H groups in total. The van der Waals surface area contributed by atoms with Crippen molar-refractivity contribution in [2.75, 3.05) is 6.61 Å².